The molecule has 0 aromatic carbocycles. The Bertz CT molecular complexity index is 169. The zero-order valence-electron chi connectivity index (χ0n) is 9.11. The molecule has 2 rings (SSSR count). The highest BCUT2D eigenvalue weighted by molar-refractivity contribution is 8.77. The Balaban J connectivity index is 1.63. The molecule has 0 spiro atoms. The van der Waals surface area contributed by atoms with E-state index in [1.54, 1.807) is 0 Å². The second-order valence-electron chi connectivity index (χ2n) is 4.54. The number of nitrogens with zero attached hydrogens (tertiary/aromatic N) is 2. The average molecular weight is 232 g/mol. The fourth-order valence-corrected chi connectivity index (χ4v) is 5.34. The SMILES string of the molecule is CN1CCC(SSC2CCN(C)C2)C1. The van der Waals surface area contributed by atoms with Crippen LogP contribution in [0.5, 0.6) is 0 Å². The molecule has 0 N–H and O–H groups in total. The minimum absolute atomic E-state index is 0.885. The Kier molecular flexibility index (Phi) is 4.05. The monoisotopic (exact) mass is 232 g/mol. The summed E-state index contributed by atoms with van der Waals surface area (Å²) in [5.41, 5.74) is 0. The minimum Gasteiger partial charge on any atom is -0.305 e. The third-order valence-corrected chi connectivity index (χ3v) is 6.42. The lowest BCUT2D eigenvalue weighted by atomic mass is 10.4. The van der Waals surface area contributed by atoms with Crippen LogP contribution < -0.4 is 0 Å². The van der Waals surface area contributed by atoms with Crippen molar-refractivity contribution in [2.24, 2.45) is 0 Å². The van der Waals surface area contributed by atoms with Crippen molar-refractivity contribution in [3.05, 3.63) is 0 Å². The lowest BCUT2D eigenvalue weighted by Crippen LogP contribution is -2.16. The summed E-state index contributed by atoms with van der Waals surface area (Å²) < 4.78 is 0. The summed E-state index contributed by atoms with van der Waals surface area (Å²) in [5, 5.41) is 1.77. The van der Waals surface area contributed by atoms with Crippen LogP contribution >= 0.6 is 21.6 Å². The van der Waals surface area contributed by atoms with E-state index in [0.29, 0.717) is 0 Å². The molecule has 14 heavy (non-hydrogen) atoms. The molecule has 2 fully saturated rings. The molecule has 0 saturated carbocycles. The summed E-state index contributed by atoms with van der Waals surface area (Å²) in [6.45, 7) is 5.17. The summed E-state index contributed by atoms with van der Waals surface area (Å²) in [6.07, 6.45) is 2.77. The maximum atomic E-state index is 2.44. The lowest BCUT2D eigenvalue weighted by Gasteiger charge is -2.13. The number of rotatable bonds is 3. The first-order chi connectivity index (χ1) is 6.74. The zero-order chi connectivity index (χ0) is 9.97. The zero-order valence-corrected chi connectivity index (χ0v) is 10.7. The van der Waals surface area contributed by atoms with E-state index in [1.165, 1.54) is 39.0 Å². The molecular formula is C10H20N2S2. The Morgan fingerprint density at radius 3 is 1.57 bits per heavy atom. The molecule has 2 aliphatic rings. The van der Waals surface area contributed by atoms with Gasteiger partial charge in [-0.05, 0) is 40.0 Å². The highest BCUT2D eigenvalue weighted by Crippen LogP contribution is 2.38. The fourth-order valence-electron chi connectivity index (χ4n) is 2.10. The first-order valence-electron chi connectivity index (χ1n) is 5.43. The maximum absolute atomic E-state index is 2.44. The van der Waals surface area contributed by atoms with Crippen molar-refractivity contribution in [1.29, 1.82) is 0 Å². The van der Waals surface area contributed by atoms with Crippen LogP contribution in [0.25, 0.3) is 0 Å². The van der Waals surface area contributed by atoms with Gasteiger partial charge in [0.05, 0.1) is 0 Å². The number of hydrogen-bond donors (Lipinski definition) is 0. The van der Waals surface area contributed by atoms with E-state index in [-0.39, 0.29) is 0 Å². The molecule has 2 nitrogen and oxygen atoms in total. The Morgan fingerprint density at radius 1 is 0.857 bits per heavy atom. The Hall–Kier alpha value is 0.620. The molecule has 2 heterocycles. The first kappa shape index (κ1) is 11.1. The van der Waals surface area contributed by atoms with Gasteiger partial charge < -0.3 is 9.80 Å². The summed E-state index contributed by atoms with van der Waals surface area (Å²) in [7, 11) is 8.73. The highest BCUT2D eigenvalue weighted by atomic mass is 33.1. The summed E-state index contributed by atoms with van der Waals surface area (Å²) in [4.78, 5) is 4.89. The van der Waals surface area contributed by atoms with Gasteiger partial charge in [0, 0.05) is 23.6 Å². The molecule has 0 aromatic heterocycles. The average Bonchev–Trinajstić information content (AvgIpc) is 2.72. The molecule has 0 amide bonds. The molecule has 2 unspecified atom stereocenters. The number of likely N-dealkylation sites (tertiary alicyclic amines) is 2. The van der Waals surface area contributed by atoms with Gasteiger partial charge in [-0.3, -0.25) is 0 Å². The van der Waals surface area contributed by atoms with Crippen LogP contribution in [-0.4, -0.2) is 60.6 Å². The van der Waals surface area contributed by atoms with Crippen LogP contribution in [0.2, 0.25) is 0 Å². The van der Waals surface area contributed by atoms with Crippen molar-refractivity contribution >= 4 is 21.6 Å². The van der Waals surface area contributed by atoms with E-state index in [2.05, 4.69) is 45.5 Å². The molecule has 0 bridgehead atoms. The van der Waals surface area contributed by atoms with Gasteiger partial charge in [0.15, 0.2) is 0 Å². The highest BCUT2D eigenvalue weighted by Gasteiger charge is 2.24. The maximum Gasteiger partial charge on any atom is 0.0291 e. The van der Waals surface area contributed by atoms with Crippen molar-refractivity contribution in [2.75, 3.05) is 40.3 Å². The van der Waals surface area contributed by atoms with Crippen LogP contribution in [-0.2, 0) is 0 Å². The van der Waals surface area contributed by atoms with Crippen LogP contribution in [0.1, 0.15) is 12.8 Å². The van der Waals surface area contributed by atoms with Gasteiger partial charge in [-0.2, -0.15) is 0 Å². The minimum atomic E-state index is 0.885. The van der Waals surface area contributed by atoms with Crippen LogP contribution in [0.4, 0.5) is 0 Å². The van der Waals surface area contributed by atoms with Gasteiger partial charge in [0.2, 0.25) is 0 Å². The lowest BCUT2D eigenvalue weighted by molar-refractivity contribution is 0.419. The molecule has 0 aromatic rings. The van der Waals surface area contributed by atoms with Crippen LogP contribution in [0.3, 0.4) is 0 Å². The topological polar surface area (TPSA) is 6.48 Å². The van der Waals surface area contributed by atoms with Crippen molar-refractivity contribution < 1.29 is 0 Å². The molecule has 82 valence electrons. The van der Waals surface area contributed by atoms with E-state index in [4.69, 9.17) is 0 Å². The van der Waals surface area contributed by atoms with E-state index in [0.717, 1.165) is 10.5 Å². The predicted octanol–water partition coefficient (Wildman–Crippen LogP) is 1.78. The second kappa shape index (κ2) is 5.10. The molecule has 0 aliphatic carbocycles. The third kappa shape index (κ3) is 3.05. The number of hydrogen-bond acceptors (Lipinski definition) is 4. The van der Waals surface area contributed by atoms with E-state index in [1.807, 2.05) is 0 Å². The molecular weight excluding hydrogens is 212 g/mol. The molecule has 2 aliphatic heterocycles. The fraction of sp³-hybridized carbons (Fsp3) is 1.00. The quantitative estimate of drug-likeness (QED) is 0.684. The second-order valence-corrected chi connectivity index (χ2v) is 7.41. The summed E-state index contributed by atoms with van der Waals surface area (Å²) in [6, 6.07) is 0. The van der Waals surface area contributed by atoms with E-state index < -0.39 is 0 Å². The largest absolute Gasteiger partial charge is 0.305 e. The molecule has 4 heteroatoms. The smallest absolute Gasteiger partial charge is 0.0291 e. The van der Waals surface area contributed by atoms with Gasteiger partial charge in [-0.1, -0.05) is 21.6 Å². The Labute approximate surface area is 95.2 Å². The van der Waals surface area contributed by atoms with Crippen LogP contribution in [0, 0.1) is 0 Å². The third-order valence-electron chi connectivity index (χ3n) is 3.02. The van der Waals surface area contributed by atoms with E-state index >= 15 is 0 Å². The first-order valence-corrected chi connectivity index (χ1v) is 7.71. The predicted molar refractivity (Wildman–Crippen MR) is 67.0 cm³/mol. The van der Waals surface area contributed by atoms with Gasteiger partial charge in [0.1, 0.15) is 0 Å². The van der Waals surface area contributed by atoms with E-state index in [9.17, 15) is 0 Å². The van der Waals surface area contributed by atoms with Gasteiger partial charge in [0.25, 0.3) is 0 Å². The summed E-state index contributed by atoms with van der Waals surface area (Å²) in [5.74, 6) is 0. The normalized spacial score (nSPS) is 35.6. The van der Waals surface area contributed by atoms with Crippen molar-refractivity contribution in [3.8, 4) is 0 Å². The standard InChI is InChI=1S/C10H20N2S2/c1-11-5-3-9(7-11)13-14-10-4-6-12(2)8-10/h9-10H,3-8H2,1-2H3. The molecule has 2 atom stereocenters. The molecule has 0 radical (unpaired) electrons. The van der Waals surface area contributed by atoms with Crippen molar-refractivity contribution in [3.63, 3.8) is 0 Å². The van der Waals surface area contributed by atoms with Gasteiger partial charge in [-0.25, -0.2) is 0 Å². The van der Waals surface area contributed by atoms with Crippen molar-refractivity contribution in [1.82, 2.24) is 9.80 Å². The van der Waals surface area contributed by atoms with Crippen molar-refractivity contribution in [2.45, 2.75) is 23.3 Å². The molecule has 2 saturated heterocycles. The summed E-state index contributed by atoms with van der Waals surface area (Å²) >= 11 is 0. The Morgan fingerprint density at radius 2 is 1.29 bits per heavy atom. The van der Waals surface area contributed by atoms with Crippen LogP contribution in [0.15, 0.2) is 0 Å². The van der Waals surface area contributed by atoms with Gasteiger partial charge in [-0.15, -0.1) is 0 Å². The van der Waals surface area contributed by atoms with Gasteiger partial charge >= 0.3 is 0 Å².